The van der Waals surface area contributed by atoms with Gasteiger partial charge >= 0.3 is 0 Å². The number of amides is 1. The van der Waals surface area contributed by atoms with E-state index in [0.29, 0.717) is 30.2 Å². The van der Waals surface area contributed by atoms with Gasteiger partial charge < -0.3 is 10.6 Å². The minimum absolute atomic E-state index is 0. The summed E-state index contributed by atoms with van der Waals surface area (Å²) in [5, 5.41) is 11.0. The van der Waals surface area contributed by atoms with Gasteiger partial charge in [-0.2, -0.15) is 5.10 Å². The van der Waals surface area contributed by atoms with E-state index in [1.54, 1.807) is 12.4 Å². The van der Waals surface area contributed by atoms with Gasteiger partial charge in [0.2, 0.25) is 5.91 Å². The molecule has 6 nitrogen and oxygen atoms in total. The summed E-state index contributed by atoms with van der Waals surface area (Å²) in [5.41, 5.74) is 1.23. The van der Waals surface area contributed by atoms with Gasteiger partial charge in [-0.1, -0.05) is 0 Å². The summed E-state index contributed by atoms with van der Waals surface area (Å²) in [6.45, 7) is 0.789. The Bertz CT molecular complexity index is 712. The number of hydrogen-bond donors (Lipinski definition) is 2. The first kappa shape index (κ1) is 21.7. The van der Waals surface area contributed by atoms with Gasteiger partial charge in [0.05, 0.1) is 0 Å². The number of aromatic nitrogens is 3. The molecule has 2 aromatic heterocycles. The molecule has 2 aliphatic heterocycles. The van der Waals surface area contributed by atoms with E-state index in [1.165, 1.54) is 18.4 Å². The van der Waals surface area contributed by atoms with Crippen molar-refractivity contribution in [3.8, 4) is 0 Å². The number of hydrogen-bond acceptors (Lipinski definition) is 4. The van der Waals surface area contributed by atoms with Gasteiger partial charge in [0.15, 0.2) is 5.82 Å². The fourth-order valence-electron chi connectivity index (χ4n) is 4.14. The predicted octanol–water partition coefficient (Wildman–Crippen LogP) is 3.22. The summed E-state index contributed by atoms with van der Waals surface area (Å²) in [7, 11) is 0. The second kappa shape index (κ2) is 10.1. The highest BCUT2D eigenvalue weighted by atomic mass is 35.5. The highest BCUT2D eigenvalue weighted by Crippen LogP contribution is 2.32. The van der Waals surface area contributed by atoms with E-state index < -0.39 is 0 Å². The molecule has 2 atom stereocenters. The van der Waals surface area contributed by atoms with E-state index in [4.69, 9.17) is 0 Å². The zero-order chi connectivity index (χ0) is 17.1. The Balaban J connectivity index is 0.00000131. The van der Waals surface area contributed by atoms with Crippen molar-refractivity contribution in [3.63, 3.8) is 0 Å². The lowest BCUT2D eigenvalue weighted by Gasteiger charge is -2.28. The van der Waals surface area contributed by atoms with E-state index >= 15 is 0 Å². The maximum absolute atomic E-state index is 12.3. The summed E-state index contributed by atoms with van der Waals surface area (Å²) >= 11 is 0. The van der Waals surface area contributed by atoms with Crippen LogP contribution in [0.2, 0.25) is 0 Å². The highest BCUT2D eigenvalue weighted by molar-refractivity contribution is 5.89. The van der Waals surface area contributed by atoms with Crippen LogP contribution in [-0.4, -0.2) is 32.8 Å². The van der Waals surface area contributed by atoms with Crippen LogP contribution in [0.3, 0.4) is 0 Å². The lowest BCUT2D eigenvalue weighted by atomic mass is 9.89. The molecule has 2 aliphatic rings. The molecule has 2 fully saturated rings. The maximum Gasteiger partial charge on any atom is 0.225 e. The molecule has 0 aliphatic carbocycles. The lowest BCUT2D eigenvalue weighted by molar-refractivity contribution is -0.117. The Morgan fingerprint density at radius 1 is 1.15 bits per heavy atom. The van der Waals surface area contributed by atoms with E-state index in [0.717, 1.165) is 25.8 Å². The Morgan fingerprint density at radius 2 is 1.85 bits per heavy atom. The van der Waals surface area contributed by atoms with Crippen LogP contribution in [0.15, 0.2) is 36.8 Å². The van der Waals surface area contributed by atoms with E-state index in [2.05, 4.69) is 20.7 Å². The molecule has 2 unspecified atom stereocenters. The summed E-state index contributed by atoms with van der Waals surface area (Å²) in [4.78, 5) is 16.3. The van der Waals surface area contributed by atoms with Crippen LogP contribution in [0.5, 0.6) is 0 Å². The summed E-state index contributed by atoms with van der Waals surface area (Å²) in [5.74, 6) is 1.25. The third-order valence-corrected chi connectivity index (χ3v) is 5.33. The van der Waals surface area contributed by atoms with Gasteiger partial charge in [-0.3, -0.25) is 14.5 Å². The van der Waals surface area contributed by atoms with Crippen molar-refractivity contribution in [3.05, 3.63) is 42.4 Å². The number of carbonyl (C=O) groups excluding carboxylic acids is 1. The van der Waals surface area contributed by atoms with Crippen LogP contribution in [0.1, 0.15) is 37.7 Å². The number of nitrogens with one attached hydrogen (secondary N) is 2. The van der Waals surface area contributed by atoms with Crippen LogP contribution in [0, 0.1) is 5.92 Å². The zero-order valence-corrected chi connectivity index (χ0v) is 16.8. The molecule has 2 bridgehead atoms. The van der Waals surface area contributed by atoms with Crippen molar-refractivity contribution in [2.75, 3.05) is 5.32 Å². The number of anilines is 1. The topological polar surface area (TPSA) is 71.8 Å². The SMILES string of the molecule is Cl.Cl.O=C(CC1CC2CCC(C1)N2)Nc1ccn(CCc2ccncc2)n1. The molecule has 0 aromatic carbocycles. The molecule has 1 amide bonds. The molecule has 0 spiro atoms. The number of fused-ring (bicyclic) bond motifs is 2. The van der Waals surface area contributed by atoms with Crippen molar-refractivity contribution in [2.24, 2.45) is 5.92 Å². The molecule has 4 rings (SSSR count). The Hall–Kier alpha value is -1.63. The third-order valence-electron chi connectivity index (χ3n) is 5.33. The monoisotopic (exact) mass is 411 g/mol. The molecule has 8 heteroatoms. The second-order valence-corrected chi connectivity index (χ2v) is 7.30. The largest absolute Gasteiger partial charge is 0.311 e. The molecule has 4 heterocycles. The lowest BCUT2D eigenvalue weighted by Crippen LogP contribution is -2.39. The first-order chi connectivity index (χ1) is 12.2. The fourth-order valence-corrected chi connectivity index (χ4v) is 4.14. The predicted molar refractivity (Wildman–Crippen MR) is 111 cm³/mol. The minimum atomic E-state index is 0. The average Bonchev–Trinajstić information content (AvgIpc) is 3.20. The van der Waals surface area contributed by atoms with Crippen molar-refractivity contribution >= 4 is 36.5 Å². The molecule has 27 heavy (non-hydrogen) atoms. The number of halogens is 2. The number of rotatable bonds is 6. The van der Waals surface area contributed by atoms with E-state index in [-0.39, 0.29) is 30.7 Å². The first-order valence-electron chi connectivity index (χ1n) is 9.23. The number of pyridine rings is 1. The van der Waals surface area contributed by atoms with Crippen molar-refractivity contribution in [1.82, 2.24) is 20.1 Å². The minimum Gasteiger partial charge on any atom is -0.311 e. The van der Waals surface area contributed by atoms with Crippen LogP contribution in [-0.2, 0) is 17.8 Å². The Kier molecular flexibility index (Phi) is 8.07. The first-order valence-corrected chi connectivity index (χ1v) is 9.23. The molecule has 0 radical (unpaired) electrons. The zero-order valence-electron chi connectivity index (χ0n) is 15.2. The summed E-state index contributed by atoms with van der Waals surface area (Å²) in [6, 6.07) is 7.15. The van der Waals surface area contributed by atoms with Gasteiger partial charge in [0.25, 0.3) is 0 Å². The molecule has 148 valence electrons. The van der Waals surface area contributed by atoms with Crippen LogP contribution < -0.4 is 10.6 Å². The second-order valence-electron chi connectivity index (χ2n) is 7.30. The van der Waals surface area contributed by atoms with E-state index in [9.17, 15) is 4.79 Å². The number of nitrogens with zero attached hydrogens (tertiary/aromatic N) is 3. The quantitative estimate of drug-likeness (QED) is 0.764. The van der Waals surface area contributed by atoms with Gasteiger partial charge in [-0.15, -0.1) is 24.8 Å². The van der Waals surface area contributed by atoms with Crippen molar-refractivity contribution in [2.45, 2.75) is 57.2 Å². The van der Waals surface area contributed by atoms with Crippen LogP contribution >= 0.6 is 24.8 Å². The Labute approximate surface area is 172 Å². The van der Waals surface area contributed by atoms with Gasteiger partial charge in [0.1, 0.15) is 0 Å². The van der Waals surface area contributed by atoms with Crippen LogP contribution in [0.25, 0.3) is 0 Å². The maximum atomic E-state index is 12.3. The van der Waals surface area contributed by atoms with E-state index in [1.807, 2.05) is 29.1 Å². The number of carbonyl (C=O) groups is 1. The molecular formula is C19H27Cl2N5O. The van der Waals surface area contributed by atoms with Gasteiger partial charge in [0, 0.05) is 49.7 Å². The molecule has 2 saturated heterocycles. The normalized spacial score (nSPS) is 23.2. The molecular weight excluding hydrogens is 385 g/mol. The standard InChI is InChI=1S/C19H25N5O.2ClH/c25-19(13-15-11-16-1-2-17(12-15)21-16)22-18-6-10-24(23-18)9-5-14-3-7-20-8-4-14;;/h3-4,6-8,10,15-17,21H,1-2,5,9,11-13H2,(H,22,23,25);2*1H. The number of piperidine rings is 1. The molecule has 2 aromatic rings. The summed E-state index contributed by atoms with van der Waals surface area (Å²) < 4.78 is 1.88. The third kappa shape index (κ3) is 5.92. The smallest absolute Gasteiger partial charge is 0.225 e. The molecule has 0 saturated carbocycles. The van der Waals surface area contributed by atoms with Crippen molar-refractivity contribution < 1.29 is 4.79 Å². The Morgan fingerprint density at radius 3 is 2.56 bits per heavy atom. The van der Waals surface area contributed by atoms with Gasteiger partial charge in [-0.25, -0.2) is 0 Å². The molecule has 2 N–H and O–H groups in total. The van der Waals surface area contributed by atoms with Gasteiger partial charge in [-0.05, 0) is 55.7 Å². The fraction of sp³-hybridized carbons (Fsp3) is 0.526. The summed E-state index contributed by atoms with van der Waals surface area (Å²) in [6.07, 6.45) is 11.8. The van der Waals surface area contributed by atoms with Crippen molar-refractivity contribution in [1.29, 1.82) is 0 Å². The average molecular weight is 412 g/mol. The highest BCUT2D eigenvalue weighted by Gasteiger charge is 2.34. The number of aryl methyl sites for hydroxylation is 2. The van der Waals surface area contributed by atoms with Crippen LogP contribution in [0.4, 0.5) is 5.82 Å².